The van der Waals surface area contributed by atoms with Crippen molar-refractivity contribution >= 4 is 11.8 Å². The summed E-state index contributed by atoms with van der Waals surface area (Å²) >= 11 is 0. The lowest BCUT2D eigenvalue weighted by atomic mass is 10.2. The fourth-order valence-corrected chi connectivity index (χ4v) is 0.904. The zero-order valence-corrected chi connectivity index (χ0v) is 8.64. The first-order valence-corrected chi connectivity index (χ1v) is 4.76. The third-order valence-corrected chi connectivity index (χ3v) is 1.82. The maximum atomic E-state index is 10.6. The molecule has 0 aliphatic carbocycles. The largest absolute Gasteiger partial charge is 0.366 e. The van der Waals surface area contributed by atoms with Crippen molar-refractivity contribution in [1.82, 2.24) is 5.32 Å². The molecule has 1 aliphatic heterocycles. The summed E-state index contributed by atoms with van der Waals surface area (Å²) in [6, 6.07) is 0. The third-order valence-electron chi connectivity index (χ3n) is 1.82. The molecule has 14 heavy (non-hydrogen) atoms. The van der Waals surface area contributed by atoms with E-state index in [1.165, 1.54) is 6.42 Å². The molecule has 0 saturated carbocycles. The molecule has 2 amide bonds. The van der Waals surface area contributed by atoms with Crippen LogP contribution in [0.25, 0.3) is 0 Å². The van der Waals surface area contributed by atoms with Crippen LogP contribution in [0.3, 0.4) is 0 Å². The second-order valence-electron chi connectivity index (χ2n) is 3.31. The van der Waals surface area contributed by atoms with Crippen LogP contribution in [-0.4, -0.2) is 18.4 Å². The third kappa shape index (κ3) is 7.34. The van der Waals surface area contributed by atoms with Gasteiger partial charge < -0.3 is 11.1 Å². The zero-order chi connectivity index (χ0) is 11.0. The summed E-state index contributed by atoms with van der Waals surface area (Å²) in [6.45, 7) is 5.74. The smallest absolute Gasteiger partial charge is 0.243 e. The lowest BCUT2D eigenvalue weighted by Gasteiger charge is -1.93. The molecule has 1 heterocycles. The van der Waals surface area contributed by atoms with Gasteiger partial charge in [-0.2, -0.15) is 0 Å². The maximum Gasteiger partial charge on any atom is 0.243 e. The van der Waals surface area contributed by atoms with Gasteiger partial charge in [0.15, 0.2) is 0 Å². The topological polar surface area (TPSA) is 72.2 Å². The van der Waals surface area contributed by atoms with Crippen LogP contribution in [0.15, 0.2) is 12.2 Å². The lowest BCUT2D eigenvalue weighted by Crippen LogP contribution is -2.21. The first-order chi connectivity index (χ1) is 6.54. The number of amides is 2. The maximum absolute atomic E-state index is 10.6. The number of hydrogen-bond donors (Lipinski definition) is 2. The van der Waals surface area contributed by atoms with Crippen molar-refractivity contribution in [1.29, 1.82) is 0 Å². The Morgan fingerprint density at radius 3 is 2.50 bits per heavy atom. The summed E-state index contributed by atoms with van der Waals surface area (Å²) in [5.74, 6) is -0.211. The van der Waals surface area contributed by atoms with Crippen molar-refractivity contribution in [3.8, 4) is 0 Å². The quantitative estimate of drug-likeness (QED) is 0.609. The van der Waals surface area contributed by atoms with Crippen molar-refractivity contribution in [2.24, 2.45) is 5.73 Å². The van der Waals surface area contributed by atoms with E-state index in [1.54, 1.807) is 6.92 Å². The minimum absolute atomic E-state index is 0.225. The van der Waals surface area contributed by atoms with Crippen LogP contribution in [-0.2, 0) is 9.59 Å². The monoisotopic (exact) mass is 198 g/mol. The van der Waals surface area contributed by atoms with Gasteiger partial charge in [-0.1, -0.05) is 13.0 Å². The zero-order valence-electron chi connectivity index (χ0n) is 8.64. The highest BCUT2D eigenvalue weighted by Crippen LogP contribution is 2.02. The van der Waals surface area contributed by atoms with Gasteiger partial charge in [0.1, 0.15) is 0 Å². The highest BCUT2D eigenvalue weighted by atomic mass is 16.1. The Morgan fingerprint density at radius 2 is 2.00 bits per heavy atom. The molecule has 0 atom stereocenters. The first-order valence-electron chi connectivity index (χ1n) is 4.76. The minimum atomic E-state index is -0.435. The van der Waals surface area contributed by atoms with Gasteiger partial charge in [-0.15, -0.1) is 0 Å². The number of hydrogen-bond acceptors (Lipinski definition) is 2. The van der Waals surface area contributed by atoms with Gasteiger partial charge in [0, 0.05) is 18.5 Å². The summed E-state index contributed by atoms with van der Waals surface area (Å²) in [5.41, 5.74) is 5.09. The second kappa shape index (κ2) is 7.12. The van der Waals surface area contributed by atoms with Crippen molar-refractivity contribution in [2.45, 2.75) is 32.6 Å². The van der Waals surface area contributed by atoms with Gasteiger partial charge in [0.25, 0.3) is 0 Å². The number of rotatable bonds is 1. The average molecular weight is 198 g/mol. The molecule has 4 heteroatoms. The second-order valence-corrected chi connectivity index (χ2v) is 3.31. The van der Waals surface area contributed by atoms with E-state index in [4.69, 9.17) is 5.73 Å². The van der Waals surface area contributed by atoms with E-state index in [-0.39, 0.29) is 5.91 Å². The van der Waals surface area contributed by atoms with Crippen LogP contribution in [0.5, 0.6) is 0 Å². The van der Waals surface area contributed by atoms with Crippen LogP contribution < -0.4 is 11.1 Å². The van der Waals surface area contributed by atoms with Gasteiger partial charge >= 0.3 is 0 Å². The molecule has 0 spiro atoms. The standard InChI is InChI=1S/C6H11NO.C4H7NO/c8-6-4-2-1-3-5-7-6;1-3(2)4(5)6/h1-5H2,(H,7,8);1H2,2H3,(H2,5,6). The number of nitrogens with one attached hydrogen (secondary N) is 1. The van der Waals surface area contributed by atoms with Crippen molar-refractivity contribution in [2.75, 3.05) is 6.54 Å². The molecular formula is C10H18N2O2. The van der Waals surface area contributed by atoms with E-state index in [9.17, 15) is 9.59 Å². The van der Waals surface area contributed by atoms with Crippen LogP contribution in [0, 0.1) is 0 Å². The van der Waals surface area contributed by atoms with E-state index in [0.717, 1.165) is 25.8 Å². The Kier molecular flexibility index (Phi) is 6.45. The van der Waals surface area contributed by atoms with Crippen molar-refractivity contribution in [3.05, 3.63) is 12.2 Å². The molecule has 1 saturated heterocycles. The Balaban J connectivity index is 0.000000255. The Labute approximate surface area is 84.5 Å². The van der Waals surface area contributed by atoms with Gasteiger partial charge in [0.05, 0.1) is 0 Å². The van der Waals surface area contributed by atoms with E-state index in [1.807, 2.05) is 0 Å². The lowest BCUT2D eigenvalue weighted by molar-refractivity contribution is -0.120. The molecule has 0 aromatic rings. The molecule has 1 aliphatic rings. The van der Waals surface area contributed by atoms with Crippen LogP contribution >= 0.6 is 0 Å². The number of carbonyl (C=O) groups is 2. The molecule has 3 N–H and O–H groups in total. The predicted molar refractivity (Wildman–Crippen MR) is 55.5 cm³/mol. The van der Waals surface area contributed by atoms with E-state index >= 15 is 0 Å². The Morgan fingerprint density at radius 1 is 1.43 bits per heavy atom. The van der Waals surface area contributed by atoms with E-state index in [2.05, 4.69) is 11.9 Å². The fourth-order valence-electron chi connectivity index (χ4n) is 0.904. The molecule has 0 aromatic heterocycles. The molecule has 0 radical (unpaired) electrons. The molecule has 0 unspecified atom stereocenters. The molecular weight excluding hydrogens is 180 g/mol. The molecule has 0 bridgehead atoms. The summed E-state index contributed by atoms with van der Waals surface area (Å²) in [6.07, 6.45) is 4.18. The SMILES string of the molecule is C=C(C)C(N)=O.O=C1CCCCCN1. The normalized spacial score (nSPS) is 15.6. The van der Waals surface area contributed by atoms with Gasteiger partial charge in [-0.25, -0.2) is 0 Å². The molecule has 1 rings (SSSR count). The fraction of sp³-hybridized carbons (Fsp3) is 0.600. The first kappa shape index (κ1) is 12.7. The van der Waals surface area contributed by atoms with E-state index < -0.39 is 5.91 Å². The molecule has 80 valence electrons. The molecule has 1 fully saturated rings. The molecule has 4 nitrogen and oxygen atoms in total. The highest BCUT2D eigenvalue weighted by Gasteiger charge is 2.03. The van der Waals surface area contributed by atoms with Crippen LogP contribution in [0.4, 0.5) is 0 Å². The minimum Gasteiger partial charge on any atom is -0.366 e. The van der Waals surface area contributed by atoms with Gasteiger partial charge in [0.2, 0.25) is 11.8 Å². The Hall–Kier alpha value is -1.32. The number of primary amides is 1. The predicted octanol–water partition coefficient (Wildman–Crippen LogP) is 0.724. The van der Waals surface area contributed by atoms with Crippen molar-refractivity contribution < 1.29 is 9.59 Å². The highest BCUT2D eigenvalue weighted by molar-refractivity contribution is 5.90. The van der Waals surface area contributed by atoms with Gasteiger partial charge in [-0.05, 0) is 19.8 Å². The Bertz CT molecular complexity index is 202. The number of carbonyl (C=O) groups excluding carboxylic acids is 2. The summed E-state index contributed by atoms with van der Waals surface area (Å²) in [4.78, 5) is 20.4. The molecule has 0 aromatic carbocycles. The van der Waals surface area contributed by atoms with Crippen LogP contribution in [0.1, 0.15) is 32.6 Å². The van der Waals surface area contributed by atoms with Crippen LogP contribution in [0.2, 0.25) is 0 Å². The summed E-state index contributed by atoms with van der Waals surface area (Å²) in [5, 5.41) is 2.81. The average Bonchev–Trinajstić information content (AvgIpc) is 2.33. The summed E-state index contributed by atoms with van der Waals surface area (Å²) < 4.78 is 0. The number of nitrogens with two attached hydrogens (primary N) is 1. The van der Waals surface area contributed by atoms with E-state index in [0.29, 0.717) is 5.57 Å². The van der Waals surface area contributed by atoms with Gasteiger partial charge in [-0.3, -0.25) is 9.59 Å². The van der Waals surface area contributed by atoms with Crippen molar-refractivity contribution in [3.63, 3.8) is 0 Å². The summed E-state index contributed by atoms with van der Waals surface area (Å²) in [7, 11) is 0.